The molecular formula is C13H9ClN2OS3. The molecule has 0 aliphatic carbocycles. The summed E-state index contributed by atoms with van der Waals surface area (Å²) in [6.45, 7) is 0. The van der Waals surface area contributed by atoms with Gasteiger partial charge in [-0.25, -0.2) is 4.98 Å². The zero-order valence-electron chi connectivity index (χ0n) is 10.3. The van der Waals surface area contributed by atoms with Gasteiger partial charge in [-0.3, -0.25) is 10.1 Å². The number of hydrogen-bond acceptors (Lipinski definition) is 5. The number of benzene rings is 1. The van der Waals surface area contributed by atoms with Crippen LogP contribution in [0.15, 0.2) is 35.2 Å². The number of nitrogens with one attached hydrogen (secondary N) is 1. The van der Waals surface area contributed by atoms with Crippen molar-refractivity contribution >= 4 is 67.3 Å². The second-order valence-electron chi connectivity index (χ2n) is 3.91. The van der Waals surface area contributed by atoms with Crippen LogP contribution in [0.4, 0.5) is 5.13 Å². The second-order valence-corrected chi connectivity index (χ2v) is 7.54. The molecule has 3 aromatic rings. The van der Waals surface area contributed by atoms with Crippen molar-refractivity contribution in [2.75, 3.05) is 11.6 Å². The Bertz CT molecular complexity index is 781. The van der Waals surface area contributed by atoms with E-state index in [2.05, 4.69) is 16.4 Å². The van der Waals surface area contributed by atoms with Crippen LogP contribution >= 0.6 is 46.0 Å². The van der Waals surface area contributed by atoms with Gasteiger partial charge >= 0.3 is 0 Å². The van der Waals surface area contributed by atoms with Gasteiger partial charge < -0.3 is 0 Å². The fraction of sp³-hybridized carbons (Fsp3) is 0.0769. The van der Waals surface area contributed by atoms with Gasteiger partial charge in [0.25, 0.3) is 5.91 Å². The first-order valence-electron chi connectivity index (χ1n) is 5.67. The average molecular weight is 341 g/mol. The van der Waals surface area contributed by atoms with E-state index in [1.54, 1.807) is 23.9 Å². The SMILES string of the molecule is CSc1ccc2nc(NC(=O)c3ccc(Cl)s3)sc2c1. The number of aromatic nitrogens is 1. The summed E-state index contributed by atoms with van der Waals surface area (Å²) in [7, 11) is 0. The van der Waals surface area contributed by atoms with Gasteiger partial charge in [-0.2, -0.15) is 0 Å². The topological polar surface area (TPSA) is 42.0 Å². The van der Waals surface area contributed by atoms with Gasteiger partial charge in [-0.1, -0.05) is 22.9 Å². The summed E-state index contributed by atoms with van der Waals surface area (Å²) in [6, 6.07) is 9.49. The van der Waals surface area contributed by atoms with E-state index in [0.29, 0.717) is 14.3 Å². The lowest BCUT2D eigenvalue weighted by molar-refractivity contribution is 0.103. The van der Waals surface area contributed by atoms with E-state index in [1.807, 2.05) is 18.4 Å². The van der Waals surface area contributed by atoms with E-state index < -0.39 is 0 Å². The molecule has 2 heterocycles. The number of nitrogens with zero attached hydrogens (tertiary/aromatic N) is 1. The molecule has 0 atom stereocenters. The highest BCUT2D eigenvalue weighted by atomic mass is 35.5. The fourth-order valence-corrected chi connectivity index (χ4v) is 4.03. The number of amides is 1. The van der Waals surface area contributed by atoms with Gasteiger partial charge in [0.1, 0.15) is 0 Å². The zero-order chi connectivity index (χ0) is 14.1. The molecule has 3 rings (SSSR count). The molecule has 20 heavy (non-hydrogen) atoms. The molecule has 3 nitrogen and oxygen atoms in total. The van der Waals surface area contributed by atoms with Gasteiger partial charge in [0.15, 0.2) is 5.13 Å². The minimum Gasteiger partial charge on any atom is -0.297 e. The van der Waals surface area contributed by atoms with Crippen LogP contribution in [0.3, 0.4) is 0 Å². The van der Waals surface area contributed by atoms with Crippen LogP contribution < -0.4 is 5.32 Å². The van der Waals surface area contributed by atoms with Crippen LogP contribution in [-0.4, -0.2) is 17.1 Å². The number of anilines is 1. The molecule has 0 bridgehead atoms. The van der Waals surface area contributed by atoms with E-state index in [-0.39, 0.29) is 5.91 Å². The lowest BCUT2D eigenvalue weighted by atomic mass is 10.3. The monoisotopic (exact) mass is 340 g/mol. The minimum atomic E-state index is -0.175. The van der Waals surface area contributed by atoms with Gasteiger partial charge in [0.05, 0.1) is 19.4 Å². The van der Waals surface area contributed by atoms with E-state index in [4.69, 9.17) is 11.6 Å². The first-order valence-corrected chi connectivity index (χ1v) is 8.90. The number of halogens is 1. The van der Waals surface area contributed by atoms with Gasteiger partial charge in [0, 0.05) is 4.90 Å². The molecule has 1 aromatic carbocycles. The highest BCUT2D eigenvalue weighted by Gasteiger charge is 2.12. The number of hydrogen-bond donors (Lipinski definition) is 1. The Hall–Kier alpha value is -1.08. The van der Waals surface area contributed by atoms with Crippen LogP contribution in [0.2, 0.25) is 4.34 Å². The third-order valence-electron chi connectivity index (χ3n) is 2.61. The Morgan fingerprint density at radius 3 is 2.85 bits per heavy atom. The fourth-order valence-electron chi connectivity index (χ4n) is 1.68. The summed E-state index contributed by atoms with van der Waals surface area (Å²) in [5.41, 5.74) is 0.896. The number of carbonyl (C=O) groups is 1. The van der Waals surface area contributed by atoms with Crippen molar-refractivity contribution < 1.29 is 4.79 Å². The summed E-state index contributed by atoms with van der Waals surface area (Å²) >= 11 is 10.2. The van der Waals surface area contributed by atoms with Crippen molar-refractivity contribution in [3.63, 3.8) is 0 Å². The summed E-state index contributed by atoms with van der Waals surface area (Å²) in [5, 5.41) is 3.42. The molecule has 0 saturated carbocycles. The number of rotatable bonds is 3. The van der Waals surface area contributed by atoms with E-state index in [1.165, 1.54) is 27.6 Å². The first-order chi connectivity index (χ1) is 9.65. The van der Waals surface area contributed by atoms with Gasteiger partial charge in [0.2, 0.25) is 0 Å². The highest BCUT2D eigenvalue weighted by molar-refractivity contribution is 7.98. The van der Waals surface area contributed by atoms with Crippen molar-refractivity contribution in [1.29, 1.82) is 0 Å². The predicted molar refractivity (Wildman–Crippen MR) is 88.7 cm³/mol. The van der Waals surface area contributed by atoms with Crippen LogP contribution in [0.1, 0.15) is 9.67 Å². The quantitative estimate of drug-likeness (QED) is 0.683. The van der Waals surface area contributed by atoms with Crippen LogP contribution in [0.25, 0.3) is 10.2 Å². The third-order valence-corrected chi connectivity index (χ3v) is 5.50. The van der Waals surface area contributed by atoms with E-state index >= 15 is 0 Å². The van der Waals surface area contributed by atoms with Gasteiger partial charge in [-0.15, -0.1) is 23.1 Å². The van der Waals surface area contributed by atoms with Crippen molar-refractivity contribution in [3.05, 3.63) is 39.5 Å². The molecule has 2 aromatic heterocycles. The first kappa shape index (κ1) is 13.9. The molecule has 0 fully saturated rings. The van der Waals surface area contributed by atoms with Crippen molar-refractivity contribution in [2.24, 2.45) is 0 Å². The van der Waals surface area contributed by atoms with E-state index in [9.17, 15) is 4.79 Å². The normalized spacial score (nSPS) is 10.9. The Labute approximate surface area is 133 Å². The molecular weight excluding hydrogens is 332 g/mol. The lowest BCUT2D eigenvalue weighted by Crippen LogP contribution is -2.09. The average Bonchev–Trinajstić information content (AvgIpc) is 3.03. The van der Waals surface area contributed by atoms with E-state index in [0.717, 1.165) is 10.2 Å². The smallest absolute Gasteiger partial charge is 0.267 e. The molecule has 0 radical (unpaired) electrons. The molecule has 1 amide bonds. The number of fused-ring (bicyclic) bond motifs is 1. The molecule has 102 valence electrons. The minimum absolute atomic E-state index is 0.175. The number of carbonyl (C=O) groups excluding carboxylic acids is 1. The summed E-state index contributed by atoms with van der Waals surface area (Å²) in [6.07, 6.45) is 2.03. The largest absolute Gasteiger partial charge is 0.297 e. The van der Waals surface area contributed by atoms with Crippen molar-refractivity contribution in [2.45, 2.75) is 4.90 Å². The standard InChI is InChI=1S/C13H9ClN2OS3/c1-18-7-2-3-8-10(6-7)20-13(15-8)16-12(17)9-4-5-11(14)19-9/h2-6H,1H3,(H,15,16,17). The molecule has 0 unspecified atom stereocenters. The van der Waals surface area contributed by atoms with Crippen LogP contribution in [0.5, 0.6) is 0 Å². The highest BCUT2D eigenvalue weighted by Crippen LogP contribution is 2.30. The molecule has 0 spiro atoms. The molecule has 7 heteroatoms. The van der Waals surface area contributed by atoms with Crippen LogP contribution in [0, 0.1) is 0 Å². The van der Waals surface area contributed by atoms with Crippen LogP contribution in [-0.2, 0) is 0 Å². The van der Waals surface area contributed by atoms with Crippen molar-refractivity contribution in [1.82, 2.24) is 4.98 Å². The Morgan fingerprint density at radius 2 is 2.15 bits per heavy atom. The second kappa shape index (κ2) is 5.73. The predicted octanol–water partition coefficient (Wildman–Crippen LogP) is 4.99. The van der Waals surface area contributed by atoms with Gasteiger partial charge in [-0.05, 0) is 36.6 Å². The Kier molecular flexibility index (Phi) is 3.98. The lowest BCUT2D eigenvalue weighted by Gasteiger charge is -1.96. The zero-order valence-corrected chi connectivity index (χ0v) is 13.6. The molecule has 0 aliphatic heterocycles. The third kappa shape index (κ3) is 2.83. The maximum absolute atomic E-state index is 12.0. The molecule has 0 saturated heterocycles. The Morgan fingerprint density at radius 1 is 1.30 bits per heavy atom. The summed E-state index contributed by atoms with van der Waals surface area (Å²) in [4.78, 5) is 18.2. The number of thiazole rings is 1. The maximum Gasteiger partial charge on any atom is 0.267 e. The molecule has 1 N–H and O–H groups in total. The summed E-state index contributed by atoms with van der Waals surface area (Å²) < 4.78 is 1.67. The Balaban J connectivity index is 1.85. The number of thiophene rings is 1. The van der Waals surface area contributed by atoms with Crippen molar-refractivity contribution in [3.8, 4) is 0 Å². The number of thioether (sulfide) groups is 1. The maximum atomic E-state index is 12.0. The summed E-state index contributed by atoms with van der Waals surface area (Å²) in [5.74, 6) is -0.175. The molecule has 0 aliphatic rings.